The van der Waals surface area contributed by atoms with Crippen molar-refractivity contribution >= 4 is 0 Å². The van der Waals surface area contributed by atoms with Crippen molar-refractivity contribution in [3.63, 3.8) is 0 Å². The topological polar surface area (TPSA) is 63.9 Å². The van der Waals surface area contributed by atoms with Gasteiger partial charge in [-0.15, -0.1) is 0 Å². The van der Waals surface area contributed by atoms with Crippen molar-refractivity contribution in [3.05, 3.63) is 65.2 Å². The minimum Gasteiger partial charge on any atom is -0.508 e. The van der Waals surface area contributed by atoms with Crippen LogP contribution in [0, 0.1) is 11.8 Å². The summed E-state index contributed by atoms with van der Waals surface area (Å²) in [6, 6.07) is 11.6. The SMILES string of the molecule is Oc1ccc([C@@H](O)CN2C[C@@H]3CC(O)(Cc4ccc(C(F)(F)F)cc4)C[C@H]3C2)cc1. The van der Waals surface area contributed by atoms with Crippen LogP contribution in [-0.2, 0) is 12.6 Å². The van der Waals surface area contributed by atoms with Gasteiger partial charge in [-0.1, -0.05) is 24.3 Å². The number of likely N-dealkylation sites (tertiary alicyclic amines) is 1. The van der Waals surface area contributed by atoms with Gasteiger partial charge in [0.15, 0.2) is 0 Å². The van der Waals surface area contributed by atoms with Crippen LogP contribution in [0.15, 0.2) is 48.5 Å². The molecule has 1 saturated carbocycles. The van der Waals surface area contributed by atoms with Gasteiger partial charge in [0.1, 0.15) is 5.75 Å². The Labute approximate surface area is 173 Å². The number of phenolic OH excluding ortho intramolecular Hbond substituents is 1. The number of nitrogens with zero attached hydrogens (tertiary/aromatic N) is 1. The van der Waals surface area contributed by atoms with Gasteiger partial charge in [-0.3, -0.25) is 4.90 Å². The van der Waals surface area contributed by atoms with Gasteiger partial charge < -0.3 is 15.3 Å². The van der Waals surface area contributed by atoms with Gasteiger partial charge in [-0.25, -0.2) is 0 Å². The van der Waals surface area contributed by atoms with Crippen molar-refractivity contribution < 1.29 is 28.5 Å². The van der Waals surface area contributed by atoms with E-state index in [-0.39, 0.29) is 5.75 Å². The van der Waals surface area contributed by atoms with Crippen molar-refractivity contribution in [3.8, 4) is 5.75 Å². The van der Waals surface area contributed by atoms with Crippen LogP contribution in [0.3, 0.4) is 0 Å². The highest BCUT2D eigenvalue weighted by Crippen LogP contribution is 2.45. The molecular weight excluding hydrogens is 395 g/mol. The second kappa shape index (κ2) is 7.87. The molecule has 1 aliphatic carbocycles. The monoisotopic (exact) mass is 421 g/mol. The highest BCUT2D eigenvalue weighted by atomic mass is 19.4. The van der Waals surface area contributed by atoms with Gasteiger partial charge >= 0.3 is 6.18 Å². The van der Waals surface area contributed by atoms with Gasteiger partial charge in [0.05, 0.1) is 17.3 Å². The number of fused-ring (bicyclic) bond motifs is 1. The maximum absolute atomic E-state index is 12.7. The molecule has 0 spiro atoms. The maximum atomic E-state index is 12.7. The number of aliphatic hydroxyl groups excluding tert-OH is 1. The van der Waals surface area contributed by atoms with E-state index in [1.165, 1.54) is 12.1 Å². The number of aromatic hydroxyl groups is 1. The summed E-state index contributed by atoms with van der Waals surface area (Å²) in [5, 5.41) is 30.9. The van der Waals surface area contributed by atoms with Crippen LogP contribution in [-0.4, -0.2) is 45.5 Å². The Bertz CT molecular complexity index is 853. The first kappa shape index (κ1) is 21.2. The standard InChI is InChI=1S/C23H26F3NO3/c24-23(25,26)19-5-1-15(2-6-19)9-22(30)10-17-12-27(13-18(17)11-22)14-21(29)16-3-7-20(28)8-4-16/h1-8,17-18,21,28-30H,9-14H2/t17-,18-,21-/m0/s1. The first-order valence-corrected chi connectivity index (χ1v) is 10.2. The summed E-state index contributed by atoms with van der Waals surface area (Å²) in [6.45, 7) is 2.07. The minimum atomic E-state index is -4.35. The molecule has 2 aliphatic rings. The number of phenols is 1. The van der Waals surface area contributed by atoms with Crippen LogP contribution in [0.25, 0.3) is 0 Å². The van der Waals surface area contributed by atoms with E-state index in [1.807, 2.05) is 0 Å². The summed E-state index contributed by atoms with van der Waals surface area (Å²) >= 11 is 0. The van der Waals surface area contributed by atoms with Gasteiger partial charge in [0.25, 0.3) is 0 Å². The van der Waals surface area contributed by atoms with Crippen molar-refractivity contribution in [2.45, 2.75) is 37.1 Å². The number of benzene rings is 2. The van der Waals surface area contributed by atoms with Crippen LogP contribution in [0.5, 0.6) is 5.75 Å². The predicted molar refractivity (Wildman–Crippen MR) is 106 cm³/mol. The third-order valence-electron chi connectivity index (χ3n) is 6.46. The number of aliphatic hydroxyl groups is 2. The molecule has 1 saturated heterocycles. The Morgan fingerprint density at radius 2 is 1.53 bits per heavy atom. The molecular formula is C23H26F3NO3. The Morgan fingerprint density at radius 3 is 2.07 bits per heavy atom. The third kappa shape index (κ3) is 4.63. The zero-order valence-electron chi connectivity index (χ0n) is 16.5. The van der Waals surface area contributed by atoms with E-state index in [9.17, 15) is 28.5 Å². The molecule has 7 heteroatoms. The molecule has 2 aromatic carbocycles. The molecule has 1 aliphatic heterocycles. The number of hydrogen-bond donors (Lipinski definition) is 3. The Balaban J connectivity index is 1.32. The summed E-state index contributed by atoms with van der Waals surface area (Å²) < 4.78 is 38.2. The average Bonchev–Trinajstić information content (AvgIpc) is 3.15. The van der Waals surface area contributed by atoms with E-state index < -0.39 is 23.4 Å². The third-order valence-corrected chi connectivity index (χ3v) is 6.46. The van der Waals surface area contributed by atoms with E-state index >= 15 is 0 Å². The zero-order chi connectivity index (χ0) is 21.5. The van der Waals surface area contributed by atoms with Crippen molar-refractivity contribution in [2.24, 2.45) is 11.8 Å². The second-order valence-corrected chi connectivity index (χ2v) is 8.85. The van der Waals surface area contributed by atoms with Crippen LogP contribution in [0.2, 0.25) is 0 Å². The molecule has 0 aromatic heterocycles. The molecule has 0 amide bonds. The summed E-state index contributed by atoms with van der Waals surface area (Å²) in [6.07, 6.45) is -3.41. The smallest absolute Gasteiger partial charge is 0.416 e. The predicted octanol–water partition coefficient (Wildman–Crippen LogP) is 3.76. The molecule has 3 atom stereocenters. The molecule has 0 radical (unpaired) electrons. The van der Waals surface area contributed by atoms with Gasteiger partial charge in [-0.2, -0.15) is 13.2 Å². The summed E-state index contributed by atoms with van der Waals surface area (Å²) in [5.41, 5.74) is -0.102. The van der Waals surface area contributed by atoms with Crippen molar-refractivity contribution in [2.75, 3.05) is 19.6 Å². The molecule has 0 unspecified atom stereocenters. The fraction of sp³-hybridized carbons (Fsp3) is 0.478. The number of β-amino-alcohol motifs (C(OH)–C–C–N with tert-alkyl or cyclic N) is 1. The average molecular weight is 421 g/mol. The summed E-state index contributed by atoms with van der Waals surface area (Å²) in [7, 11) is 0. The lowest BCUT2D eigenvalue weighted by Crippen LogP contribution is -2.33. The molecule has 1 heterocycles. The molecule has 4 nitrogen and oxygen atoms in total. The van der Waals surface area contributed by atoms with Crippen LogP contribution < -0.4 is 0 Å². The van der Waals surface area contributed by atoms with Gasteiger partial charge in [0.2, 0.25) is 0 Å². The maximum Gasteiger partial charge on any atom is 0.416 e. The first-order chi connectivity index (χ1) is 14.1. The zero-order valence-corrected chi connectivity index (χ0v) is 16.5. The van der Waals surface area contributed by atoms with E-state index in [2.05, 4.69) is 4.90 Å². The number of halogens is 3. The van der Waals surface area contributed by atoms with E-state index in [0.29, 0.717) is 43.2 Å². The molecule has 2 aromatic rings. The number of alkyl halides is 3. The van der Waals surface area contributed by atoms with Gasteiger partial charge in [0, 0.05) is 26.1 Å². The largest absolute Gasteiger partial charge is 0.508 e. The highest BCUT2D eigenvalue weighted by Gasteiger charge is 2.48. The highest BCUT2D eigenvalue weighted by molar-refractivity contribution is 5.28. The summed E-state index contributed by atoms with van der Waals surface area (Å²) in [5.74, 6) is 0.793. The second-order valence-electron chi connectivity index (χ2n) is 8.85. The lowest BCUT2D eigenvalue weighted by atomic mass is 9.91. The Hall–Kier alpha value is -2.09. The van der Waals surface area contributed by atoms with E-state index in [1.54, 1.807) is 24.3 Å². The van der Waals surface area contributed by atoms with Crippen LogP contribution >= 0.6 is 0 Å². The van der Waals surface area contributed by atoms with Gasteiger partial charge in [-0.05, 0) is 60.1 Å². The Kier molecular flexibility index (Phi) is 5.55. The lowest BCUT2D eigenvalue weighted by molar-refractivity contribution is -0.137. The number of hydrogen-bond acceptors (Lipinski definition) is 4. The number of rotatable bonds is 5. The molecule has 162 valence electrons. The first-order valence-electron chi connectivity index (χ1n) is 10.2. The van der Waals surface area contributed by atoms with Crippen LogP contribution in [0.4, 0.5) is 13.2 Å². The normalized spacial score (nSPS) is 24.7. The summed E-state index contributed by atoms with van der Waals surface area (Å²) in [4.78, 5) is 2.20. The molecule has 4 rings (SSSR count). The molecule has 3 N–H and O–H groups in total. The fourth-order valence-corrected chi connectivity index (χ4v) is 5.09. The van der Waals surface area contributed by atoms with E-state index in [4.69, 9.17) is 0 Å². The molecule has 2 fully saturated rings. The van der Waals surface area contributed by atoms with Crippen molar-refractivity contribution in [1.29, 1.82) is 0 Å². The lowest BCUT2D eigenvalue weighted by Gasteiger charge is -2.27. The van der Waals surface area contributed by atoms with E-state index in [0.717, 1.165) is 30.8 Å². The fourth-order valence-electron chi connectivity index (χ4n) is 5.09. The molecule has 30 heavy (non-hydrogen) atoms. The van der Waals surface area contributed by atoms with Crippen LogP contribution in [0.1, 0.15) is 35.6 Å². The van der Waals surface area contributed by atoms with Crippen molar-refractivity contribution in [1.82, 2.24) is 4.90 Å². The minimum absolute atomic E-state index is 0.161. The Morgan fingerprint density at radius 1 is 0.967 bits per heavy atom. The molecule has 0 bridgehead atoms. The quantitative estimate of drug-likeness (QED) is 0.688.